The first-order valence-corrected chi connectivity index (χ1v) is 12.7. The molecule has 1 aliphatic rings. The Hall–Kier alpha value is -3.87. The second-order valence-electron chi connectivity index (χ2n) is 9.20. The number of amides is 1. The molecule has 0 saturated carbocycles. The van der Waals surface area contributed by atoms with Gasteiger partial charge in [-0.2, -0.15) is 5.10 Å². The van der Waals surface area contributed by atoms with Crippen molar-refractivity contribution in [1.29, 1.82) is 0 Å². The van der Waals surface area contributed by atoms with E-state index in [2.05, 4.69) is 30.3 Å². The highest BCUT2D eigenvalue weighted by Gasteiger charge is 2.24. The summed E-state index contributed by atoms with van der Waals surface area (Å²) >= 11 is 1.43. The third-order valence-corrected chi connectivity index (χ3v) is 7.41. The average Bonchev–Trinajstić information content (AvgIpc) is 3.41. The van der Waals surface area contributed by atoms with Crippen LogP contribution >= 0.6 is 11.3 Å². The molecule has 1 saturated heterocycles. The molecule has 1 aliphatic heterocycles. The molecule has 12 heteroatoms. The summed E-state index contributed by atoms with van der Waals surface area (Å²) < 4.78 is 12.8. The smallest absolute Gasteiger partial charge is 0.261 e. The van der Waals surface area contributed by atoms with Crippen molar-refractivity contribution in [1.82, 2.24) is 29.5 Å². The lowest BCUT2D eigenvalue weighted by molar-refractivity contribution is -0.121. The van der Waals surface area contributed by atoms with Crippen molar-refractivity contribution < 1.29 is 14.3 Å². The normalized spacial score (nSPS) is 18.6. The number of carbonyl (C=O) groups is 1. The molecule has 37 heavy (non-hydrogen) atoms. The van der Waals surface area contributed by atoms with Crippen LogP contribution in [0.2, 0.25) is 0 Å². The summed E-state index contributed by atoms with van der Waals surface area (Å²) in [5, 5.41) is 8.02. The van der Waals surface area contributed by atoms with Crippen LogP contribution in [0.5, 0.6) is 5.88 Å². The predicted molar refractivity (Wildman–Crippen MR) is 141 cm³/mol. The highest BCUT2D eigenvalue weighted by molar-refractivity contribution is 7.21. The third kappa shape index (κ3) is 4.32. The van der Waals surface area contributed by atoms with E-state index in [0.717, 1.165) is 10.4 Å². The first kappa shape index (κ1) is 23.5. The summed E-state index contributed by atoms with van der Waals surface area (Å²) in [6, 6.07) is 5.46. The van der Waals surface area contributed by atoms with E-state index in [9.17, 15) is 9.59 Å². The van der Waals surface area contributed by atoms with Crippen LogP contribution in [0.1, 0.15) is 13.8 Å². The van der Waals surface area contributed by atoms with Crippen LogP contribution in [0.15, 0.2) is 41.6 Å². The zero-order valence-corrected chi connectivity index (χ0v) is 21.3. The Kier molecular flexibility index (Phi) is 5.86. The van der Waals surface area contributed by atoms with Gasteiger partial charge in [-0.3, -0.25) is 19.5 Å². The quantitative estimate of drug-likeness (QED) is 0.363. The molecular formula is C25H25N7O4S. The molecule has 0 radical (unpaired) electrons. The molecule has 0 spiro atoms. The fourth-order valence-electron chi connectivity index (χ4n) is 4.90. The number of nitrogens with zero attached hydrogens (tertiary/aromatic N) is 5. The maximum Gasteiger partial charge on any atom is 0.261 e. The molecule has 0 unspecified atom stereocenters. The van der Waals surface area contributed by atoms with Crippen LogP contribution < -0.4 is 15.6 Å². The van der Waals surface area contributed by atoms with Crippen molar-refractivity contribution in [3.8, 4) is 16.3 Å². The second-order valence-corrected chi connectivity index (χ2v) is 10.2. The van der Waals surface area contributed by atoms with Gasteiger partial charge in [0, 0.05) is 25.5 Å². The first-order chi connectivity index (χ1) is 17.9. The molecule has 2 N–H and O–H groups in total. The van der Waals surface area contributed by atoms with E-state index in [1.807, 2.05) is 32.2 Å². The number of hydrogen-bond acceptors (Lipinski definition) is 9. The second kappa shape index (κ2) is 9.21. The molecule has 0 bridgehead atoms. The van der Waals surface area contributed by atoms with E-state index in [4.69, 9.17) is 9.47 Å². The van der Waals surface area contributed by atoms with Crippen molar-refractivity contribution in [2.45, 2.75) is 26.1 Å². The molecule has 1 amide bonds. The SMILES string of the molecule is COc1ncccc1-c1cn2nc3c4ncc(NC(=O)CN5C[C@H](C)O[C@@H](C)C5)cc4[nH]c(=O)c3c2s1. The summed E-state index contributed by atoms with van der Waals surface area (Å²) in [4.78, 5) is 41.1. The number of rotatable bonds is 5. The molecule has 0 aliphatic carbocycles. The topological polar surface area (TPSA) is 127 Å². The fraction of sp³-hybridized carbons (Fsp3) is 0.320. The number of morpholine rings is 1. The maximum absolute atomic E-state index is 13.1. The van der Waals surface area contributed by atoms with Gasteiger partial charge in [0.1, 0.15) is 21.3 Å². The van der Waals surface area contributed by atoms with Crippen LogP contribution in [0, 0.1) is 0 Å². The van der Waals surface area contributed by atoms with Gasteiger partial charge in [-0.25, -0.2) is 9.50 Å². The summed E-state index contributed by atoms with van der Waals surface area (Å²) in [6.45, 7) is 5.66. The minimum atomic E-state index is -0.273. The Bertz CT molecular complexity index is 1700. The standard InChI is InChI=1S/C25H25N7O4S/c1-13-9-31(10-14(2)36-13)12-19(33)28-15-7-17-21(27-8-15)22-20(23(34)29-17)25-32(30-22)11-18(37-25)16-5-4-6-26-24(16)35-3/h4-8,11,13-14H,9-10,12H2,1-3H3,(H,28,33)(H,29,34)/t13-,14-/m0/s1. The lowest BCUT2D eigenvalue weighted by Crippen LogP contribution is -2.48. The Morgan fingerprint density at radius 3 is 2.86 bits per heavy atom. The monoisotopic (exact) mass is 519 g/mol. The van der Waals surface area contributed by atoms with Crippen molar-refractivity contribution in [3.63, 3.8) is 0 Å². The van der Waals surface area contributed by atoms with E-state index in [-0.39, 0.29) is 30.2 Å². The Morgan fingerprint density at radius 2 is 2.08 bits per heavy atom. The number of methoxy groups -OCH3 is 1. The van der Waals surface area contributed by atoms with E-state index in [1.54, 1.807) is 30.1 Å². The zero-order valence-electron chi connectivity index (χ0n) is 20.5. The summed E-state index contributed by atoms with van der Waals surface area (Å²) in [6.07, 6.45) is 5.27. The predicted octanol–water partition coefficient (Wildman–Crippen LogP) is 2.90. The molecule has 2 atom stereocenters. The molecule has 1 fully saturated rings. The van der Waals surface area contributed by atoms with Gasteiger partial charge >= 0.3 is 0 Å². The van der Waals surface area contributed by atoms with E-state index in [1.165, 1.54) is 11.3 Å². The van der Waals surface area contributed by atoms with E-state index in [0.29, 0.717) is 51.4 Å². The number of carbonyl (C=O) groups excluding carboxylic acids is 1. The van der Waals surface area contributed by atoms with Crippen LogP contribution in [-0.4, -0.2) is 74.3 Å². The van der Waals surface area contributed by atoms with Crippen LogP contribution in [0.3, 0.4) is 0 Å². The van der Waals surface area contributed by atoms with Gasteiger partial charge in [-0.05, 0) is 32.0 Å². The number of anilines is 1. The number of pyridine rings is 3. The van der Waals surface area contributed by atoms with E-state index >= 15 is 0 Å². The van der Waals surface area contributed by atoms with Gasteiger partial charge in [0.25, 0.3) is 5.56 Å². The molecule has 5 aromatic rings. The molecule has 0 aromatic carbocycles. The molecule has 6 rings (SSSR count). The van der Waals surface area contributed by atoms with Gasteiger partial charge in [0.05, 0.1) is 53.7 Å². The molecule has 5 aromatic heterocycles. The van der Waals surface area contributed by atoms with Crippen LogP contribution in [0.4, 0.5) is 5.69 Å². The molecule has 190 valence electrons. The van der Waals surface area contributed by atoms with Crippen molar-refractivity contribution in [2.24, 2.45) is 0 Å². The number of thiazole rings is 1. The number of aromatic amines is 1. The van der Waals surface area contributed by atoms with Gasteiger partial charge in [-0.15, -0.1) is 11.3 Å². The first-order valence-electron chi connectivity index (χ1n) is 11.9. The molecule has 11 nitrogen and oxygen atoms in total. The number of H-pyrrole nitrogens is 1. The van der Waals surface area contributed by atoms with Gasteiger partial charge in [-0.1, -0.05) is 0 Å². The number of fused-ring (bicyclic) bond motifs is 5. The Labute approximate surface area is 215 Å². The van der Waals surface area contributed by atoms with Crippen molar-refractivity contribution in [3.05, 3.63) is 47.1 Å². The fourth-order valence-corrected chi connectivity index (χ4v) is 6.01. The van der Waals surface area contributed by atoms with Crippen LogP contribution in [0.25, 0.3) is 37.2 Å². The summed E-state index contributed by atoms with van der Waals surface area (Å²) in [5.41, 5.74) is 2.62. The minimum absolute atomic E-state index is 0.0818. The van der Waals surface area contributed by atoms with Gasteiger partial charge in [0.15, 0.2) is 0 Å². The number of hydrogen-bond donors (Lipinski definition) is 2. The lowest BCUT2D eigenvalue weighted by Gasteiger charge is -2.34. The van der Waals surface area contributed by atoms with Crippen molar-refractivity contribution >= 4 is 49.7 Å². The largest absolute Gasteiger partial charge is 0.481 e. The Balaban J connectivity index is 1.31. The van der Waals surface area contributed by atoms with Gasteiger partial charge in [0.2, 0.25) is 11.8 Å². The van der Waals surface area contributed by atoms with Gasteiger partial charge < -0.3 is 19.8 Å². The minimum Gasteiger partial charge on any atom is -0.481 e. The average molecular weight is 520 g/mol. The lowest BCUT2D eigenvalue weighted by atomic mass is 10.2. The number of aromatic nitrogens is 5. The van der Waals surface area contributed by atoms with E-state index < -0.39 is 0 Å². The highest BCUT2D eigenvalue weighted by Crippen LogP contribution is 2.36. The Morgan fingerprint density at radius 1 is 1.27 bits per heavy atom. The zero-order chi connectivity index (χ0) is 25.7. The third-order valence-electron chi connectivity index (χ3n) is 6.28. The maximum atomic E-state index is 13.1. The summed E-state index contributed by atoms with van der Waals surface area (Å²) in [7, 11) is 1.57. The molecule has 6 heterocycles. The number of ether oxygens (including phenoxy) is 2. The summed E-state index contributed by atoms with van der Waals surface area (Å²) in [5.74, 6) is 0.358. The van der Waals surface area contributed by atoms with Crippen LogP contribution in [-0.2, 0) is 9.53 Å². The molecular weight excluding hydrogens is 494 g/mol. The van der Waals surface area contributed by atoms with Crippen molar-refractivity contribution in [2.75, 3.05) is 32.1 Å². The highest BCUT2D eigenvalue weighted by atomic mass is 32.1. The number of nitrogens with one attached hydrogen (secondary N) is 2.